The molecule has 2 aromatic rings. The molecule has 0 aliphatic carbocycles. The maximum Gasteiger partial charge on any atom is 0.338 e. The first-order valence-corrected chi connectivity index (χ1v) is 12.1. The third-order valence-electron chi connectivity index (χ3n) is 6.62. The number of hydrogen-bond donors (Lipinski definition) is 2. The van der Waals surface area contributed by atoms with Crippen LogP contribution in [0.2, 0.25) is 5.02 Å². The number of rotatable bonds is 5. The molecule has 0 saturated carbocycles. The van der Waals surface area contributed by atoms with Crippen molar-refractivity contribution in [3.8, 4) is 0 Å². The first-order valence-electron chi connectivity index (χ1n) is 10.9. The molecule has 2 bridgehead atoms. The number of aliphatic hydroxyl groups excluding tert-OH is 1. The Balaban J connectivity index is 1.60. The predicted octanol–water partition coefficient (Wildman–Crippen LogP) is 3.44. The molecule has 2 N–H and O–H groups in total. The number of amidine groups is 1. The molecule has 10 heteroatoms. The number of hydrogen-bond acceptors (Lipinski definition) is 8. The number of piperidine rings is 1. The Kier molecular flexibility index (Phi) is 6.22. The molecule has 1 aromatic heterocycles. The van der Waals surface area contributed by atoms with Gasteiger partial charge < -0.3 is 15.2 Å². The fourth-order valence-electron chi connectivity index (χ4n) is 5.15. The number of aliphatic imine (C=N–C) groups is 1. The molecule has 3 aliphatic heterocycles. The van der Waals surface area contributed by atoms with Gasteiger partial charge in [0.05, 0.1) is 18.8 Å². The Morgan fingerprint density at radius 3 is 2.76 bits per heavy atom. The second kappa shape index (κ2) is 9.13. The zero-order valence-corrected chi connectivity index (χ0v) is 19.6. The van der Waals surface area contributed by atoms with E-state index in [0.29, 0.717) is 34.2 Å². The highest BCUT2D eigenvalue weighted by atomic mass is 35.5. The zero-order valence-electron chi connectivity index (χ0n) is 18.0. The van der Waals surface area contributed by atoms with Crippen molar-refractivity contribution >= 4 is 34.7 Å². The number of esters is 1. The summed E-state index contributed by atoms with van der Waals surface area (Å²) in [6, 6.07) is 3.82. The molecule has 4 atom stereocenters. The van der Waals surface area contributed by atoms with E-state index in [4.69, 9.17) is 21.3 Å². The third kappa shape index (κ3) is 4.30. The quantitative estimate of drug-likeness (QED) is 0.624. The first kappa shape index (κ1) is 22.5. The number of nitrogens with zero attached hydrogens (tertiary/aromatic N) is 3. The Morgan fingerprint density at radius 2 is 2.12 bits per heavy atom. The Bertz CT molecular complexity index is 1110. The molecule has 174 valence electrons. The average Bonchev–Trinajstić information content (AvgIpc) is 3.40. The van der Waals surface area contributed by atoms with Crippen LogP contribution in [0.4, 0.5) is 4.39 Å². The topological polar surface area (TPSA) is 87.0 Å². The van der Waals surface area contributed by atoms with E-state index in [0.717, 1.165) is 25.7 Å². The van der Waals surface area contributed by atoms with Crippen molar-refractivity contribution in [1.82, 2.24) is 15.2 Å². The number of fused-ring (bicyclic) bond motifs is 2. The van der Waals surface area contributed by atoms with E-state index in [2.05, 4.69) is 15.2 Å². The van der Waals surface area contributed by atoms with E-state index in [1.165, 1.54) is 30.6 Å². The lowest BCUT2D eigenvalue weighted by atomic mass is 9.94. The highest BCUT2D eigenvalue weighted by Crippen LogP contribution is 2.40. The Labute approximate surface area is 199 Å². The molecule has 0 unspecified atom stereocenters. The van der Waals surface area contributed by atoms with Crippen LogP contribution in [0.15, 0.2) is 46.0 Å². The number of ether oxygens (including phenoxy) is 1. The average molecular weight is 491 g/mol. The lowest BCUT2D eigenvalue weighted by Crippen LogP contribution is -2.48. The number of thiazole rings is 1. The SMILES string of the molecule is COC(=O)C1=C(CN2[C@@H]3CC[C@H]2C[C@H](O)C3)NC(c2nccs2)=N[C@H]1c1ccc(F)cc1Cl. The minimum Gasteiger partial charge on any atom is -0.466 e. The summed E-state index contributed by atoms with van der Waals surface area (Å²) in [5, 5.41) is 16.3. The lowest BCUT2D eigenvalue weighted by Gasteiger charge is -2.39. The van der Waals surface area contributed by atoms with Crippen molar-refractivity contribution in [3.05, 3.63) is 62.5 Å². The molecule has 3 aliphatic rings. The second-order valence-corrected chi connectivity index (χ2v) is 9.88. The van der Waals surface area contributed by atoms with Crippen molar-refractivity contribution in [2.45, 2.75) is 49.9 Å². The van der Waals surface area contributed by atoms with Crippen LogP contribution < -0.4 is 5.32 Å². The van der Waals surface area contributed by atoms with E-state index >= 15 is 0 Å². The molecular formula is C23H24ClFN4O3S. The van der Waals surface area contributed by atoms with Crippen LogP contribution >= 0.6 is 22.9 Å². The van der Waals surface area contributed by atoms with Gasteiger partial charge in [-0.15, -0.1) is 11.3 Å². The van der Waals surface area contributed by atoms with Gasteiger partial charge in [-0.2, -0.15) is 0 Å². The Hall–Kier alpha value is -2.33. The van der Waals surface area contributed by atoms with Gasteiger partial charge in [-0.05, 0) is 37.8 Å². The van der Waals surface area contributed by atoms with E-state index in [1.54, 1.807) is 12.3 Å². The van der Waals surface area contributed by atoms with E-state index < -0.39 is 17.8 Å². The fraction of sp³-hybridized carbons (Fsp3) is 0.435. The van der Waals surface area contributed by atoms with Crippen molar-refractivity contribution in [1.29, 1.82) is 0 Å². The summed E-state index contributed by atoms with van der Waals surface area (Å²) in [5.74, 6) is -0.453. The van der Waals surface area contributed by atoms with Gasteiger partial charge in [0.1, 0.15) is 11.9 Å². The van der Waals surface area contributed by atoms with Crippen LogP contribution in [0, 0.1) is 5.82 Å². The molecule has 0 radical (unpaired) electrons. The molecule has 4 heterocycles. The van der Waals surface area contributed by atoms with E-state index in [-0.39, 0.29) is 23.2 Å². The number of carbonyl (C=O) groups excluding carboxylic acids is 1. The summed E-state index contributed by atoms with van der Waals surface area (Å²) in [6.07, 6.45) is 4.88. The smallest absolute Gasteiger partial charge is 0.338 e. The summed E-state index contributed by atoms with van der Waals surface area (Å²) in [4.78, 5) is 24.5. The van der Waals surface area contributed by atoms with Gasteiger partial charge in [0.25, 0.3) is 0 Å². The number of aliphatic hydroxyl groups is 1. The summed E-state index contributed by atoms with van der Waals surface area (Å²) < 4.78 is 18.9. The molecule has 0 amide bonds. The second-order valence-electron chi connectivity index (χ2n) is 8.57. The molecule has 2 fully saturated rings. The standard InChI is InChI=1S/C23H24ClFN4O3S/c1-32-23(31)19-18(11-29-13-3-4-14(29)10-15(30)9-13)27-21(22-26-6-7-33-22)28-20(19)16-5-2-12(25)8-17(16)24/h2,5-8,13-15,20,30H,3-4,9-11H2,1H3,(H,27,28)/t13-,14+,15-,20-/m0/s1. The zero-order chi connectivity index (χ0) is 23.1. The minimum absolute atomic E-state index is 0.186. The summed E-state index contributed by atoms with van der Waals surface area (Å²) in [7, 11) is 1.33. The molecule has 0 spiro atoms. The molecule has 1 aromatic carbocycles. The molecule has 7 nitrogen and oxygen atoms in total. The molecule has 33 heavy (non-hydrogen) atoms. The van der Waals surface area contributed by atoms with Crippen LogP contribution in [0.5, 0.6) is 0 Å². The molecule has 2 saturated heterocycles. The van der Waals surface area contributed by atoms with Gasteiger partial charge in [0, 0.05) is 46.5 Å². The van der Waals surface area contributed by atoms with Crippen LogP contribution in [0.25, 0.3) is 0 Å². The number of carbonyl (C=O) groups is 1. The molecule has 5 rings (SSSR count). The van der Waals surface area contributed by atoms with Crippen molar-refractivity contribution in [2.24, 2.45) is 4.99 Å². The van der Waals surface area contributed by atoms with Crippen molar-refractivity contribution < 1.29 is 19.0 Å². The van der Waals surface area contributed by atoms with Crippen molar-refractivity contribution in [3.63, 3.8) is 0 Å². The van der Waals surface area contributed by atoms with Gasteiger partial charge in [0.2, 0.25) is 0 Å². The van der Waals surface area contributed by atoms with Gasteiger partial charge in [-0.1, -0.05) is 17.7 Å². The highest BCUT2D eigenvalue weighted by Gasteiger charge is 2.42. The number of methoxy groups -OCH3 is 1. The summed E-state index contributed by atoms with van der Waals surface area (Å²) in [5.41, 5.74) is 1.53. The maximum atomic E-state index is 13.8. The highest BCUT2D eigenvalue weighted by molar-refractivity contribution is 7.11. The lowest BCUT2D eigenvalue weighted by molar-refractivity contribution is -0.136. The Morgan fingerprint density at radius 1 is 1.36 bits per heavy atom. The van der Waals surface area contributed by atoms with Crippen LogP contribution in [0.1, 0.15) is 42.3 Å². The van der Waals surface area contributed by atoms with Crippen molar-refractivity contribution in [2.75, 3.05) is 13.7 Å². The number of benzene rings is 1. The minimum atomic E-state index is -0.770. The molecular weight excluding hydrogens is 467 g/mol. The summed E-state index contributed by atoms with van der Waals surface area (Å²) >= 11 is 7.83. The van der Waals surface area contributed by atoms with Gasteiger partial charge >= 0.3 is 5.97 Å². The normalized spacial score (nSPS) is 27.3. The fourth-order valence-corrected chi connectivity index (χ4v) is 6.01. The van der Waals surface area contributed by atoms with Gasteiger partial charge in [0.15, 0.2) is 10.8 Å². The van der Waals surface area contributed by atoms with Crippen LogP contribution in [0.3, 0.4) is 0 Å². The predicted molar refractivity (Wildman–Crippen MR) is 124 cm³/mol. The largest absolute Gasteiger partial charge is 0.466 e. The first-order chi connectivity index (χ1) is 15.9. The number of nitrogens with one attached hydrogen (secondary N) is 1. The van der Waals surface area contributed by atoms with Crippen LogP contribution in [-0.4, -0.2) is 58.6 Å². The number of halogens is 2. The van der Waals surface area contributed by atoms with E-state index in [9.17, 15) is 14.3 Å². The van der Waals surface area contributed by atoms with Gasteiger partial charge in [-0.25, -0.2) is 14.2 Å². The monoisotopic (exact) mass is 490 g/mol. The van der Waals surface area contributed by atoms with Gasteiger partial charge in [-0.3, -0.25) is 9.89 Å². The number of aromatic nitrogens is 1. The maximum absolute atomic E-state index is 13.8. The van der Waals surface area contributed by atoms with Crippen LogP contribution in [-0.2, 0) is 9.53 Å². The summed E-state index contributed by atoms with van der Waals surface area (Å²) in [6.45, 7) is 0.478. The third-order valence-corrected chi connectivity index (χ3v) is 7.73. The van der Waals surface area contributed by atoms with E-state index in [1.807, 2.05) is 5.38 Å².